The molecule has 0 aromatic heterocycles. The maximum absolute atomic E-state index is 9.78. The van der Waals surface area contributed by atoms with Gasteiger partial charge in [-0.05, 0) is 23.6 Å². The van der Waals surface area contributed by atoms with E-state index < -0.39 is 0 Å². The first-order valence-corrected chi connectivity index (χ1v) is 5.11. The number of methoxy groups -OCH3 is 1. The quantitative estimate of drug-likeness (QED) is 0.778. The summed E-state index contributed by atoms with van der Waals surface area (Å²) in [6, 6.07) is 5.40. The number of hydrogen-bond donors (Lipinski definition) is 2. The molecule has 3 heteroatoms. The fraction of sp³-hybridized carbons (Fsp3) is 0.500. The van der Waals surface area contributed by atoms with Crippen molar-refractivity contribution in [3.05, 3.63) is 23.8 Å². The minimum absolute atomic E-state index is 0.0733. The lowest BCUT2D eigenvalue weighted by molar-refractivity contribution is 0.410. The van der Waals surface area contributed by atoms with Gasteiger partial charge in [0.2, 0.25) is 0 Å². The van der Waals surface area contributed by atoms with Crippen molar-refractivity contribution < 1.29 is 9.84 Å². The first kappa shape index (κ1) is 10.3. The van der Waals surface area contributed by atoms with E-state index in [2.05, 4.69) is 13.8 Å². The number of phenolic OH excluding ortho intramolecular Hbond substituents is 1. The Labute approximate surface area is 89.9 Å². The van der Waals surface area contributed by atoms with Crippen LogP contribution < -0.4 is 10.5 Å². The zero-order chi connectivity index (χ0) is 11.2. The molecule has 82 valence electrons. The van der Waals surface area contributed by atoms with Crippen molar-refractivity contribution in [1.82, 2.24) is 0 Å². The summed E-state index contributed by atoms with van der Waals surface area (Å²) in [4.78, 5) is 0. The van der Waals surface area contributed by atoms with Crippen LogP contribution >= 0.6 is 0 Å². The number of ether oxygens (including phenoxy) is 1. The van der Waals surface area contributed by atoms with E-state index in [9.17, 15) is 5.11 Å². The zero-order valence-electron chi connectivity index (χ0n) is 9.32. The highest BCUT2D eigenvalue weighted by atomic mass is 16.5. The number of hydrogen-bond acceptors (Lipinski definition) is 3. The number of phenols is 1. The van der Waals surface area contributed by atoms with Gasteiger partial charge in [-0.2, -0.15) is 0 Å². The van der Waals surface area contributed by atoms with Crippen molar-refractivity contribution in [3.63, 3.8) is 0 Å². The van der Waals surface area contributed by atoms with Crippen molar-refractivity contribution in [1.29, 1.82) is 0 Å². The molecule has 0 amide bonds. The van der Waals surface area contributed by atoms with Gasteiger partial charge in [-0.3, -0.25) is 0 Å². The van der Waals surface area contributed by atoms with Crippen molar-refractivity contribution in [2.75, 3.05) is 7.11 Å². The van der Waals surface area contributed by atoms with Crippen LogP contribution in [0.2, 0.25) is 0 Å². The van der Waals surface area contributed by atoms with Gasteiger partial charge in [-0.25, -0.2) is 0 Å². The molecule has 3 N–H and O–H groups in total. The number of rotatable bonds is 2. The van der Waals surface area contributed by atoms with Crippen LogP contribution in [-0.2, 0) is 0 Å². The number of benzene rings is 1. The van der Waals surface area contributed by atoms with Gasteiger partial charge in [0.1, 0.15) is 11.5 Å². The van der Waals surface area contributed by atoms with Gasteiger partial charge in [0.15, 0.2) is 0 Å². The SMILES string of the molecule is COc1ccc(O)c(C2C(N)C2(C)C)c1. The van der Waals surface area contributed by atoms with Crippen LogP contribution in [0.4, 0.5) is 0 Å². The Bertz CT molecular complexity index is 387. The van der Waals surface area contributed by atoms with Crippen LogP contribution in [-0.4, -0.2) is 18.3 Å². The van der Waals surface area contributed by atoms with E-state index in [4.69, 9.17) is 10.5 Å². The molecule has 1 saturated carbocycles. The second-order valence-electron chi connectivity index (χ2n) is 4.75. The van der Waals surface area contributed by atoms with Gasteiger partial charge in [0.05, 0.1) is 7.11 Å². The Balaban J connectivity index is 2.37. The molecule has 0 saturated heterocycles. The minimum Gasteiger partial charge on any atom is -0.508 e. The van der Waals surface area contributed by atoms with Crippen LogP contribution in [0, 0.1) is 5.41 Å². The number of aromatic hydroxyl groups is 1. The predicted octanol–water partition coefficient (Wildman–Crippen LogP) is 1.85. The summed E-state index contributed by atoms with van der Waals surface area (Å²) < 4.78 is 5.14. The third-order valence-electron chi connectivity index (χ3n) is 3.48. The highest BCUT2D eigenvalue weighted by molar-refractivity contribution is 5.47. The lowest BCUT2D eigenvalue weighted by atomic mass is 10.0. The standard InChI is InChI=1S/C12H17NO2/c1-12(2)10(11(12)13)8-6-7(15-3)4-5-9(8)14/h4-6,10-11,14H,13H2,1-3H3. The summed E-state index contributed by atoms with van der Waals surface area (Å²) in [5, 5.41) is 9.78. The molecule has 0 bridgehead atoms. The zero-order valence-corrected chi connectivity index (χ0v) is 9.32. The van der Waals surface area contributed by atoms with Crippen LogP contribution in [0.1, 0.15) is 25.3 Å². The largest absolute Gasteiger partial charge is 0.508 e. The second-order valence-corrected chi connectivity index (χ2v) is 4.75. The highest BCUT2D eigenvalue weighted by Gasteiger charge is 2.57. The van der Waals surface area contributed by atoms with E-state index in [-0.39, 0.29) is 17.4 Å². The maximum atomic E-state index is 9.78. The molecule has 15 heavy (non-hydrogen) atoms. The van der Waals surface area contributed by atoms with Crippen LogP contribution in [0.5, 0.6) is 11.5 Å². The van der Waals surface area contributed by atoms with Crippen molar-refractivity contribution in [3.8, 4) is 11.5 Å². The molecule has 1 aromatic rings. The van der Waals surface area contributed by atoms with E-state index in [1.165, 1.54) is 0 Å². The summed E-state index contributed by atoms with van der Waals surface area (Å²) in [5.41, 5.74) is 6.95. The Morgan fingerprint density at radius 1 is 1.40 bits per heavy atom. The molecule has 1 aromatic carbocycles. The summed E-state index contributed by atoms with van der Waals surface area (Å²) >= 11 is 0. The Morgan fingerprint density at radius 3 is 2.47 bits per heavy atom. The lowest BCUT2D eigenvalue weighted by Gasteiger charge is -2.08. The lowest BCUT2D eigenvalue weighted by Crippen LogP contribution is -2.06. The normalized spacial score (nSPS) is 27.5. The minimum atomic E-state index is 0.0733. The summed E-state index contributed by atoms with van der Waals surface area (Å²) in [6.45, 7) is 4.22. The molecule has 3 nitrogen and oxygen atoms in total. The van der Waals surface area contributed by atoms with Gasteiger partial charge in [-0.15, -0.1) is 0 Å². The Hall–Kier alpha value is -1.22. The molecule has 2 rings (SSSR count). The van der Waals surface area contributed by atoms with Gasteiger partial charge in [0, 0.05) is 17.5 Å². The topological polar surface area (TPSA) is 55.5 Å². The summed E-state index contributed by atoms with van der Waals surface area (Å²) in [5.74, 6) is 1.30. The first-order valence-electron chi connectivity index (χ1n) is 5.11. The molecule has 2 atom stereocenters. The molecule has 2 unspecified atom stereocenters. The molecule has 0 aliphatic heterocycles. The average Bonchev–Trinajstić information content (AvgIpc) is 2.68. The molecule has 0 radical (unpaired) electrons. The molecular weight excluding hydrogens is 190 g/mol. The molecule has 1 aliphatic carbocycles. The van der Waals surface area contributed by atoms with Crippen LogP contribution in [0.15, 0.2) is 18.2 Å². The smallest absolute Gasteiger partial charge is 0.119 e. The number of nitrogens with two attached hydrogens (primary N) is 1. The molecule has 0 spiro atoms. The van der Waals surface area contributed by atoms with E-state index in [1.54, 1.807) is 19.2 Å². The van der Waals surface area contributed by atoms with Crippen molar-refractivity contribution in [2.24, 2.45) is 11.1 Å². The van der Waals surface area contributed by atoms with Gasteiger partial charge >= 0.3 is 0 Å². The Morgan fingerprint density at radius 2 is 2.00 bits per heavy atom. The van der Waals surface area contributed by atoms with E-state index in [0.29, 0.717) is 5.75 Å². The predicted molar refractivity (Wildman–Crippen MR) is 59.2 cm³/mol. The van der Waals surface area contributed by atoms with E-state index in [0.717, 1.165) is 11.3 Å². The van der Waals surface area contributed by atoms with Gasteiger partial charge < -0.3 is 15.6 Å². The van der Waals surface area contributed by atoms with Crippen LogP contribution in [0.25, 0.3) is 0 Å². The molecule has 1 aliphatic rings. The van der Waals surface area contributed by atoms with Crippen molar-refractivity contribution >= 4 is 0 Å². The first-order chi connectivity index (χ1) is 6.98. The molecule has 0 heterocycles. The van der Waals surface area contributed by atoms with Crippen LogP contribution in [0.3, 0.4) is 0 Å². The Kier molecular flexibility index (Phi) is 2.15. The van der Waals surface area contributed by atoms with Crippen molar-refractivity contribution in [2.45, 2.75) is 25.8 Å². The summed E-state index contributed by atoms with van der Waals surface area (Å²) in [7, 11) is 1.62. The second kappa shape index (κ2) is 3.14. The highest BCUT2D eigenvalue weighted by Crippen LogP contribution is 2.59. The third kappa shape index (κ3) is 1.47. The average molecular weight is 207 g/mol. The van der Waals surface area contributed by atoms with Gasteiger partial charge in [-0.1, -0.05) is 13.8 Å². The third-order valence-corrected chi connectivity index (χ3v) is 3.48. The summed E-state index contributed by atoms with van der Waals surface area (Å²) in [6.07, 6.45) is 0. The fourth-order valence-electron chi connectivity index (χ4n) is 2.18. The van der Waals surface area contributed by atoms with E-state index >= 15 is 0 Å². The van der Waals surface area contributed by atoms with Gasteiger partial charge in [0.25, 0.3) is 0 Å². The molecular formula is C12H17NO2. The molecule has 1 fully saturated rings. The maximum Gasteiger partial charge on any atom is 0.119 e. The fourth-order valence-corrected chi connectivity index (χ4v) is 2.18. The monoisotopic (exact) mass is 207 g/mol. The van der Waals surface area contributed by atoms with E-state index in [1.807, 2.05) is 6.07 Å².